The fraction of sp³-hybridized carbons (Fsp3) is 0.133. The average Bonchev–Trinajstić information content (AvgIpc) is 2.40. The molecule has 0 aromatic heterocycles. The Morgan fingerprint density at radius 3 is 2.53 bits per heavy atom. The standard InChI is InChI=1S/C15H13FO3/c16-14-9-13(7-6-12(14)8-15(17)18)19-10-11-4-2-1-3-5-11/h1-7,9H,8,10H2,(H,17,18). The molecule has 2 aromatic carbocycles. The number of ether oxygens (including phenoxy) is 1. The Morgan fingerprint density at radius 1 is 1.16 bits per heavy atom. The van der Waals surface area contributed by atoms with Crippen LogP contribution in [-0.2, 0) is 17.8 Å². The number of rotatable bonds is 5. The second-order valence-corrected chi connectivity index (χ2v) is 4.10. The molecule has 0 heterocycles. The van der Waals surface area contributed by atoms with E-state index in [9.17, 15) is 9.18 Å². The summed E-state index contributed by atoms with van der Waals surface area (Å²) < 4.78 is 19.0. The van der Waals surface area contributed by atoms with E-state index in [1.54, 1.807) is 6.07 Å². The fourth-order valence-corrected chi connectivity index (χ4v) is 1.67. The van der Waals surface area contributed by atoms with Crippen LogP contribution in [0.3, 0.4) is 0 Å². The van der Waals surface area contributed by atoms with E-state index in [1.807, 2.05) is 30.3 Å². The highest BCUT2D eigenvalue weighted by atomic mass is 19.1. The average molecular weight is 260 g/mol. The number of carboxylic acid groups (broad SMARTS) is 1. The number of hydrogen-bond donors (Lipinski definition) is 1. The summed E-state index contributed by atoms with van der Waals surface area (Å²) in [5.41, 5.74) is 1.14. The quantitative estimate of drug-likeness (QED) is 0.898. The maximum atomic E-state index is 13.6. The summed E-state index contributed by atoms with van der Waals surface area (Å²) in [7, 11) is 0. The first kappa shape index (κ1) is 13.1. The van der Waals surface area contributed by atoms with Crippen LogP contribution in [-0.4, -0.2) is 11.1 Å². The van der Waals surface area contributed by atoms with Crippen molar-refractivity contribution in [2.24, 2.45) is 0 Å². The lowest BCUT2D eigenvalue weighted by Gasteiger charge is -2.07. The first-order valence-electron chi connectivity index (χ1n) is 5.82. The molecule has 0 atom stereocenters. The van der Waals surface area contributed by atoms with Gasteiger partial charge >= 0.3 is 5.97 Å². The van der Waals surface area contributed by atoms with Crippen molar-refractivity contribution in [3.8, 4) is 5.75 Å². The lowest BCUT2D eigenvalue weighted by molar-refractivity contribution is -0.136. The van der Waals surface area contributed by atoms with Crippen molar-refractivity contribution >= 4 is 5.97 Å². The first-order valence-corrected chi connectivity index (χ1v) is 5.82. The molecule has 3 nitrogen and oxygen atoms in total. The van der Waals surface area contributed by atoms with Gasteiger partial charge in [0.15, 0.2) is 0 Å². The largest absolute Gasteiger partial charge is 0.489 e. The van der Waals surface area contributed by atoms with E-state index in [0.717, 1.165) is 5.56 Å². The van der Waals surface area contributed by atoms with E-state index in [0.29, 0.717) is 12.4 Å². The zero-order chi connectivity index (χ0) is 13.7. The van der Waals surface area contributed by atoms with Gasteiger partial charge in [-0.3, -0.25) is 4.79 Å². The maximum absolute atomic E-state index is 13.6. The minimum atomic E-state index is -1.06. The summed E-state index contributed by atoms with van der Waals surface area (Å²) in [4.78, 5) is 10.5. The molecule has 1 N–H and O–H groups in total. The van der Waals surface area contributed by atoms with Crippen molar-refractivity contribution < 1.29 is 19.0 Å². The minimum absolute atomic E-state index is 0.152. The van der Waals surface area contributed by atoms with Gasteiger partial charge in [-0.25, -0.2) is 4.39 Å². The number of halogens is 1. The Labute approximate surface area is 110 Å². The van der Waals surface area contributed by atoms with Gasteiger partial charge < -0.3 is 9.84 Å². The van der Waals surface area contributed by atoms with Crippen LogP contribution in [0.25, 0.3) is 0 Å². The first-order chi connectivity index (χ1) is 9.15. The van der Waals surface area contributed by atoms with E-state index < -0.39 is 11.8 Å². The molecule has 0 saturated heterocycles. The fourth-order valence-electron chi connectivity index (χ4n) is 1.67. The second kappa shape index (κ2) is 6.00. The van der Waals surface area contributed by atoms with Gasteiger partial charge in [-0.1, -0.05) is 36.4 Å². The monoisotopic (exact) mass is 260 g/mol. The van der Waals surface area contributed by atoms with Gasteiger partial charge in [0.2, 0.25) is 0 Å². The lowest BCUT2D eigenvalue weighted by Crippen LogP contribution is -2.03. The molecule has 0 spiro atoms. The molecular formula is C15H13FO3. The highest BCUT2D eigenvalue weighted by Crippen LogP contribution is 2.18. The molecule has 0 bridgehead atoms. The Balaban J connectivity index is 2.02. The highest BCUT2D eigenvalue weighted by Gasteiger charge is 2.08. The Kier molecular flexibility index (Phi) is 4.13. The molecule has 0 aliphatic rings. The van der Waals surface area contributed by atoms with E-state index in [2.05, 4.69) is 0 Å². The van der Waals surface area contributed by atoms with E-state index in [-0.39, 0.29) is 12.0 Å². The van der Waals surface area contributed by atoms with Gasteiger partial charge in [0, 0.05) is 6.07 Å². The normalized spacial score (nSPS) is 10.2. The molecule has 98 valence electrons. The topological polar surface area (TPSA) is 46.5 Å². The van der Waals surface area contributed by atoms with Gasteiger partial charge in [-0.15, -0.1) is 0 Å². The van der Waals surface area contributed by atoms with Crippen LogP contribution in [0.1, 0.15) is 11.1 Å². The number of benzene rings is 2. The van der Waals surface area contributed by atoms with E-state index in [1.165, 1.54) is 12.1 Å². The van der Waals surface area contributed by atoms with Crippen LogP contribution >= 0.6 is 0 Å². The van der Waals surface area contributed by atoms with Crippen molar-refractivity contribution in [1.29, 1.82) is 0 Å². The molecular weight excluding hydrogens is 247 g/mol. The molecule has 0 radical (unpaired) electrons. The number of hydrogen-bond acceptors (Lipinski definition) is 2. The van der Waals surface area contributed by atoms with Gasteiger partial charge in [0.05, 0.1) is 6.42 Å². The van der Waals surface area contributed by atoms with E-state index >= 15 is 0 Å². The van der Waals surface area contributed by atoms with Crippen LogP contribution in [0, 0.1) is 5.82 Å². The summed E-state index contributed by atoms with van der Waals surface area (Å²) in [6.45, 7) is 0.346. The summed E-state index contributed by atoms with van der Waals surface area (Å²) >= 11 is 0. The third-order valence-corrected chi connectivity index (χ3v) is 2.61. The summed E-state index contributed by atoms with van der Waals surface area (Å²) in [5, 5.41) is 8.61. The van der Waals surface area contributed by atoms with Crippen LogP contribution in [0.5, 0.6) is 5.75 Å². The number of carbonyl (C=O) groups is 1. The van der Waals surface area contributed by atoms with Crippen LogP contribution < -0.4 is 4.74 Å². The van der Waals surface area contributed by atoms with Gasteiger partial charge in [0.1, 0.15) is 18.2 Å². The molecule has 4 heteroatoms. The highest BCUT2D eigenvalue weighted by molar-refractivity contribution is 5.70. The van der Waals surface area contributed by atoms with Crippen molar-refractivity contribution in [3.63, 3.8) is 0 Å². The van der Waals surface area contributed by atoms with E-state index in [4.69, 9.17) is 9.84 Å². The Bertz CT molecular complexity index is 567. The number of aliphatic carboxylic acids is 1. The predicted octanol–water partition coefficient (Wildman–Crippen LogP) is 3.03. The molecule has 0 unspecified atom stereocenters. The van der Waals surface area contributed by atoms with Gasteiger partial charge in [-0.2, -0.15) is 0 Å². The van der Waals surface area contributed by atoms with Crippen molar-refractivity contribution in [1.82, 2.24) is 0 Å². The molecule has 2 rings (SSSR count). The molecule has 0 saturated carbocycles. The third-order valence-electron chi connectivity index (χ3n) is 2.61. The SMILES string of the molecule is O=C(O)Cc1ccc(OCc2ccccc2)cc1F. The van der Waals surface area contributed by atoms with Crippen molar-refractivity contribution in [3.05, 3.63) is 65.5 Å². The van der Waals surface area contributed by atoms with Crippen LogP contribution in [0.4, 0.5) is 4.39 Å². The van der Waals surface area contributed by atoms with Crippen molar-refractivity contribution in [2.45, 2.75) is 13.0 Å². The molecule has 0 aliphatic heterocycles. The molecule has 19 heavy (non-hydrogen) atoms. The summed E-state index contributed by atoms with van der Waals surface area (Å²) in [6.07, 6.45) is -0.329. The van der Waals surface area contributed by atoms with Crippen molar-refractivity contribution in [2.75, 3.05) is 0 Å². The molecule has 0 amide bonds. The maximum Gasteiger partial charge on any atom is 0.307 e. The smallest absolute Gasteiger partial charge is 0.307 e. The minimum Gasteiger partial charge on any atom is -0.489 e. The zero-order valence-corrected chi connectivity index (χ0v) is 10.2. The Hall–Kier alpha value is -2.36. The molecule has 2 aromatic rings. The number of carboxylic acids is 1. The lowest BCUT2D eigenvalue weighted by atomic mass is 10.1. The summed E-state index contributed by atoms with van der Waals surface area (Å²) in [6, 6.07) is 13.7. The third kappa shape index (κ3) is 3.81. The van der Waals surface area contributed by atoms with Crippen LogP contribution in [0.2, 0.25) is 0 Å². The summed E-state index contributed by atoms with van der Waals surface area (Å²) in [5.74, 6) is -1.24. The van der Waals surface area contributed by atoms with Gasteiger partial charge in [0.25, 0.3) is 0 Å². The molecule has 0 fully saturated rings. The second-order valence-electron chi connectivity index (χ2n) is 4.10. The van der Waals surface area contributed by atoms with Gasteiger partial charge in [-0.05, 0) is 17.2 Å². The van der Waals surface area contributed by atoms with Crippen LogP contribution in [0.15, 0.2) is 48.5 Å². The molecule has 0 aliphatic carbocycles. The zero-order valence-electron chi connectivity index (χ0n) is 10.2. The predicted molar refractivity (Wildman–Crippen MR) is 68.5 cm³/mol. The Morgan fingerprint density at radius 2 is 1.89 bits per heavy atom.